The maximum Gasteiger partial charge on any atom is 0.306 e. The van der Waals surface area contributed by atoms with Crippen molar-refractivity contribution in [1.29, 1.82) is 0 Å². The van der Waals surface area contributed by atoms with Crippen molar-refractivity contribution in [2.75, 3.05) is 13.2 Å². The second-order valence-corrected chi connectivity index (χ2v) is 16.5. The summed E-state index contributed by atoms with van der Waals surface area (Å²) in [4.78, 5) is 37.9. The van der Waals surface area contributed by atoms with Gasteiger partial charge in [0, 0.05) is 19.3 Å². The van der Waals surface area contributed by atoms with E-state index in [1.807, 2.05) is 79.0 Å². The standard InChI is InChI=1S/C58H92O6/c1-4-7-10-13-16-19-22-25-27-28-29-31-33-36-39-42-45-48-51-57(60)63-54-55(53-62-56(59)50-47-44-41-38-35-32-24-21-18-15-12-9-6-3)64-58(61)52-49-46-43-40-37-34-30-26-23-20-17-14-11-8-5-2/h8-9,11-12,14-15,17-18,20-21,23-24,26,29-32,35,38,41,55H,4-7,10,13,16,19,22,25,27-28,33-34,36-37,39-40,42-54H2,1-3H3/b11-8+,12-9+,17-14+,18-15+,23-20+,24-21+,30-26+,31-29+,35-32+,41-38+. The van der Waals surface area contributed by atoms with Crippen molar-refractivity contribution in [2.24, 2.45) is 0 Å². The molecule has 0 aliphatic rings. The molecule has 0 amide bonds. The number of ether oxygens (including phenoxy) is 3. The zero-order valence-electron chi connectivity index (χ0n) is 41.0. The van der Waals surface area contributed by atoms with Crippen LogP contribution in [0, 0.1) is 0 Å². The Labute approximate surface area is 392 Å². The molecule has 0 aromatic carbocycles. The van der Waals surface area contributed by atoms with Gasteiger partial charge in [0.2, 0.25) is 0 Å². The van der Waals surface area contributed by atoms with Gasteiger partial charge in [-0.2, -0.15) is 0 Å². The van der Waals surface area contributed by atoms with Gasteiger partial charge in [0.1, 0.15) is 13.2 Å². The molecule has 0 aliphatic heterocycles. The molecule has 0 saturated carbocycles. The van der Waals surface area contributed by atoms with Gasteiger partial charge in [-0.1, -0.05) is 232 Å². The highest BCUT2D eigenvalue weighted by Crippen LogP contribution is 2.13. The average Bonchev–Trinajstić information content (AvgIpc) is 3.29. The van der Waals surface area contributed by atoms with Gasteiger partial charge < -0.3 is 14.2 Å². The van der Waals surface area contributed by atoms with Gasteiger partial charge in [-0.15, -0.1) is 0 Å². The van der Waals surface area contributed by atoms with Gasteiger partial charge in [0.25, 0.3) is 0 Å². The fourth-order valence-corrected chi connectivity index (χ4v) is 6.59. The maximum absolute atomic E-state index is 12.8. The second-order valence-electron chi connectivity index (χ2n) is 16.5. The van der Waals surface area contributed by atoms with E-state index in [-0.39, 0.29) is 44.0 Å². The summed E-state index contributed by atoms with van der Waals surface area (Å²) in [7, 11) is 0. The normalized spacial score (nSPS) is 13.1. The molecule has 64 heavy (non-hydrogen) atoms. The molecule has 0 aromatic rings. The summed E-state index contributed by atoms with van der Waals surface area (Å²) < 4.78 is 16.7. The molecule has 0 bridgehead atoms. The number of esters is 3. The monoisotopic (exact) mass is 885 g/mol. The smallest absolute Gasteiger partial charge is 0.306 e. The molecule has 1 unspecified atom stereocenters. The van der Waals surface area contributed by atoms with Crippen LogP contribution < -0.4 is 0 Å². The van der Waals surface area contributed by atoms with Crippen molar-refractivity contribution in [2.45, 2.75) is 213 Å². The molecule has 0 aromatic heterocycles. The minimum atomic E-state index is -0.825. The number of carbonyl (C=O) groups is 3. The molecule has 0 radical (unpaired) electrons. The highest BCUT2D eigenvalue weighted by molar-refractivity contribution is 5.71. The van der Waals surface area contributed by atoms with E-state index in [1.165, 1.54) is 70.6 Å². The lowest BCUT2D eigenvalue weighted by Gasteiger charge is -2.18. The van der Waals surface area contributed by atoms with Crippen molar-refractivity contribution >= 4 is 17.9 Å². The number of hydrogen-bond donors (Lipinski definition) is 0. The van der Waals surface area contributed by atoms with Gasteiger partial charge >= 0.3 is 17.9 Å². The van der Waals surface area contributed by atoms with Gasteiger partial charge in [-0.3, -0.25) is 14.4 Å². The molecule has 0 fully saturated rings. The number of hydrogen-bond acceptors (Lipinski definition) is 6. The molecule has 0 heterocycles. The largest absolute Gasteiger partial charge is 0.462 e. The Morgan fingerprint density at radius 2 is 0.641 bits per heavy atom. The summed E-state index contributed by atoms with van der Waals surface area (Å²) in [5, 5.41) is 0. The van der Waals surface area contributed by atoms with Crippen LogP contribution in [0.2, 0.25) is 0 Å². The Morgan fingerprint density at radius 1 is 0.328 bits per heavy atom. The predicted octanol–water partition coefficient (Wildman–Crippen LogP) is 16.9. The summed E-state index contributed by atoms with van der Waals surface area (Å²) >= 11 is 0. The van der Waals surface area contributed by atoms with Crippen LogP contribution in [0.3, 0.4) is 0 Å². The fourth-order valence-electron chi connectivity index (χ4n) is 6.59. The molecule has 1 atom stereocenters. The van der Waals surface area contributed by atoms with E-state index >= 15 is 0 Å². The number of carbonyl (C=O) groups excluding carboxylic acids is 3. The molecule has 0 N–H and O–H groups in total. The Kier molecular flexibility index (Phi) is 48.1. The lowest BCUT2D eigenvalue weighted by molar-refractivity contribution is -0.167. The van der Waals surface area contributed by atoms with E-state index in [0.29, 0.717) is 12.8 Å². The van der Waals surface area contributed by atoms with E-state index in [0.717, 1.165) is 89.9 Å². The molecule has 0 aliphatic carbocycles. The summed E-state index contributed by atoms with van der Waals surface area (Å²) in [6.07, 6.45) is 70.5. The van der Waals surface area contributed by atoms with Crippen LogP contribution in [0.5, 0.6) is 0 Å². The second kappa shape index (κ2) is 51.4. The molecular weight excluding hydrogens is 793 g/mol. The summed E-state index contributed by atoms with van der Waals surface area (Å²) in [5.74, 6) is -1.03. The van der Waals surface area contributed by atoms with Crippen LogP contribution in [-0.4, -0.2) is 37.2 Å². The molecule has 0 saturated heterocycles. The number of unbranched alkanes of at least 4 members (excludes halogenated alkanes) is 20. The van der Waals surface area contributed by atoms with Crippen LogP contribution >= 0.6 is 0 Å². The maximum atomic E-state index is 12.8. The third kappa shape index (κ3) is 48.8. The summed E-state index contributed by atoms with van der Waals surface area (Å²) in [6.45, 7) is 6.25. The average molecular weight is 885 g/mol. The summed E-state index contributed by atoms with van der Waals surface area (Å²) in [6, 6.07) is 0. The first-order chi connectivity index (χ1) is 31.5. The first kappa shape index (κ1) is 59.8. The lowest BCUT2D eigenvalue weighted by atomic mass is 10.1. The summed E-state index contributed by atoms with van der Waals surface area (Å²) in [5.41, 5.74) is 0. The predicted molar refractivity (Wildman–Crippen MR) is 274 cm³/mol. The first-order valence-corrected chi connectivity index (χ1v) is 25.7. The lowest BCUT2D eigenvalue weighted by Crippen LogP contribution is -2.30. The van der Waals surface area contributed by atoms with E-state index in [9.17, 15) is 14.4 Å². The topological polar surface area (TPSA) is 78.9 Å². The Balaban J connectivity index is 4.52. The van der Waals surface area contributed by atoms with Crippen molar-refractivity contribution in [3.63, 3.8) is 0 Å². The third-order valence-electron chi connectivity index (χ3n) is 10.4. The van der Waals surface area contributed by atoms with E-state index in [4.69, 9.17) is 14.2 Å². The molecule has 0 spiro atoms. The minimum Gasteiger partial charge on any atom is -0.462 e. The molecule has 6 heteroatoms. The zero-order valence-corrected chi connectivity index (χ0v) is 41.0. The van der Waals surface area contributed by atoms with E-state index in [1.54, 1.807) is 0 Å². The number of rotatable bonds is 44. The van der Waals surface area contributed by atoms with Crippen molar-refractivity contribution in [3.05, 3.63) is 122 Å². The van der Waals surface area contributed by atoms with Gasteiger partial charge in [0.15, 0.2) is 6.10 Å². The zero-order chi connectivity index (χ0) is 46.5. The Morgan fingerprint density at radius 3 is 1.06 bits per heavy atom. The fraction of sp³-hybridized carbons (Fsp3) is 0.603. The van der Waals surface area contributed by atoms with Crippen LogP contribution in [0.1, 0.15) is 207 Å². The quantitative estimate of drug-likeness (QED) is 0.0199. The van der Waals surface area contributed by atoms with Crippen LogP contribution in [0.15, 0.2) is 122 Å². The molecule has 360 valence electrons. The first-order valence-electron chi connectivity index (χ1n) is 25.7. The molecular formula is C58H92O6. The van der Waals surface area contributed by atoms with Crippen LogP contribution in [0.4, 0.5) is 0 Å². The Hall–Kier alpha value is -4.19. The van der Waals surface area contributed by atoms with Crippen molar-refractivity contribution in [3.8, 4) is 0 Å². The van der Waals surface area contributed by atoms with Gasteiger partial charge in [-0.25, -0.2) is 0 Å². The van der Waals surface area contributed by atoms with E-state index < -0.39 is 6.10 Å². The van der Waals surface area contributed by atoms with Gasteiger partial charge in [-0.05, 0) is 77.0 Å². The SMILES string of the molecule is CC/C=C/C=C/C=C/C=C/C=C/CCCC(=O)OCC(COC(=O)CCCCCCC/C=C/CCCCCCCCCCC)OC(=O)CCCCCCC/C=C/C=C/C=C/C=C/CC. The Bertz CT molecular complexity index is 1390. The molecule has 6 nitrogen and oxygen atoms in total. The highest BCUT2D eigenvalue weighted by atomic mass is 16.6. The third-order valence-corrected chi connectivity index (χ3v) is 10.4. The van der Waals surface area contributed by atoms with E-state index in [2.05, 4.69) is 63.3 Å². The van der Waals surface area contributed by atoms with Crippen LogP contribution in [-0.2, 0) is 28.6 Å². The van der Waals surface area contributed by atoms with Crippen molar-refractivity contribution in [1.82, 2.24) is 0 Å². The highest BCUT2D eigenvalue weighted by Gasteiger charge is 2.19. The van der Waals surface area contributed by atoms with Crippen molar-refractivity contribution < 1.29 is 28.6 Å². The minimum absolute atomic E-state index is 0.118. The molecule has 0 rings (SSSR count). The van der Waals surface area contributed by atoms with Gasteiger partial charge in [0.05, 0.1) is 0 Å². The van der Waals surface area contributed by atoms with Crippen LogP contribution in [0.25, 0.3) is 0 Å². The number of allylic oxidation sites excluding steroid dienone is 20.